The van der Waals surface area contributed by atoms with Crippen LogP contribution >= 0.6 is 0 Å². The number of hydrogen-bond donors (Lipinski definition) is 1. The van der Waals surface area contributed by atoms with Crippen LogP contribution in [0.25, 0.3) is 0 Å². The Kier molecular flexibility index (Phi) is 6.21. The van der Waals surface area contributed by atoms with Crippen LogP contribution in [0.1, 0.15) is 44.7 Å². The molecule has 0 aliphatic carbocycles. The van der Waals surface area contributed by atoms with Crippen molar-refractivity contribution >= 4 is 11.6 Å². The molecule has 4 heteroatoms. The van der Waals surface area contributed by atoms with E-state index in [0.29, 0.717) is 13.0 Å². The molecule has 1 N–H and O–H groups in total. The Morgan fingerprint density at radius 2 is 1.81 bits per heavy atom. The van der Waals surface area contributed by atoms with Crippen LogP contribution in [0.15, 0.2) is 12.1 Å². The molecule has 0 saturated heterocycles. The maximum Gasteiger partial charge on any atom is 0.256 e. The van der Waals surface area contributed by atoms with Crippen molar-refractivity contribution in [1.29, 1.82) is 0 Å². The first-order valence-electron chi connectivity index (χ1n) is 7.48. The summed E-state index contributed by atoms with van der Waals surface area (Å²) < 4.78 is 11.0. The summed E-state index contributed by atoms with van der Waals surface area (Å²) >= 11 is 0. The Balaban J connectivity index is 2.96. The molecule has 21 heavy (non-hydrogen) atoms. The average molecular weight is 293 g/mol. The molecule has 0 aliphatic heterocycles. The normalized spacial score (nSPS) is 13.6. The van der Waals surface area contributed by atoms with Gasteiger partial charge in [0.05, 0.1) is 6.61 Å². The van der Waals surface area contributed by atoms with Gasteiger partial charge >= 0.3 is 0 Å². The minimum Gasteiger partial charge on any atom is -0.493 e. The summed E-state index contributed by atoms with van der Waals surface area (Å²) in [6, 6.07) is 3.86. The van der Waals surface area contributed by atoms with Gasteiger partial charge in [-0.25, -0.2) is 0 Å². The molecule has 0 saturated carbocycles. The van der Waals surface area contributed by atoms with Gasteiger partial charge in [-0.3, -0.25) is 4.79 Å². The molecule has 0 heterocycles. The Morgan fingerprint density at radius 1 is 1.24 bits per heavy atom. The third kappa shape index (κ3) is 4.21. The molecule has 4 nitrogen and oxygen atoms in total. The highest BCUT2D eigenvalue weighted by Gasteiger charge is 2.32. The van der Waals surface area contributed by atoms with Gasteiger partial charge in [0.1, 0.15) is 11.4 Å². The van der Waals surface area contributed by atoms with Crippen LogP contribution in [0.4, 0.5) is 5.69 Å². The molecule has 0 radical (unpaired) electrons. The van der Waals surface area contributed by atoms with Crippen molar-refractivity contribution in [3.8, 4) is 5.75 Å². The second kappa shape index (κ2) is 7.46. The predicted molar refractivity (Wildman–Crippen MR) is 86.0 cm³/mol. The van der Waals surface area contributed by atoms with Crippen LogP contribution in [-0.4, -0.2) is 25.2 Å². The van der Waals surface area contributed by atoms with Crippen molar-refractivity contribution in [3.05, 3.63) is 23.3 Å². The van der Waals surface area contributed by atoms with Gasteiger partial charge in [-0.1, -0.05) is 13.3 Å². The molecule has 1 atom stereocenters. The number of nitrogens with one attached hydrogen (secondary N) is 1. The lowest BCUT2D eigenvalue weighted by Crippen LogP contribution is -2.41. The summed E-state index contributed by atoms with van der Waals surface area (Å²) in [7, 11) is 1.57. The van der Waals surface area contributed by atoms with Crippen molar-refractivity contribution in [3.63, 3.8) is 0 Å². The molecule has 1 amide bonds. The Bertz CT molecular complexity index is 476. The first kappa shape index (κ1) is 17.5. The Hall–Kier alpha value is -1.55. The van der Waals surface area contributed by atoms with Gasteiger partial charge in [0, 0.05) is 12.8 Å². The maximum atomic E-state index is 12.4. The van der Waals surface area contributed by atoms with Crippen LogP contribution in [-0.2, 0) is 9.53 Å². The average Bonchev–Trinajstić information content (AvgIpc) is 2.43. The molecular weight excluding hydrogens is 266 g/mol. The fraction of sp³-hybridized carbons (Fsp3) is 0.588. The molecular formula is C17H27NO3. The number of amides is 1. The van der Waals surface area contributed by atoms with E-state index in [1.165, 1.54) is 0 Å². The van der Waals surface area contributed by atoms with E-state index < -0.39 is 5.60 Å². The van der Waals surface area contributed by atoms with E-state index in [-0.39, 0.29) is 5.91 Å². The topological polar surface area (TPSA) is 47.6 Å². The van der Waals surface area contributed by atoms with E-state index in [0.717, 1.165) is 29.0 Å². The number of carbonyl (C=O) groups is 1. The third-order valence-corrected chi connectivity index (χ3v) is 3.66. The Labute approximate surface area is 127 Å². The lowest BCUT2D eigenvalue weighted by Gasteiger charge is -2.26. The summed E-state index contributed by atoms with van der Waals surface area (Å²) in [6.07, 6.45) is 1.57. The van der Waals surface area contributed by atoms with E-state index in [1.807, 2.05) is 46.8 Å². The summed E-state index contributed by atoms with van der Waals surface area (Å²) in [6.45, 7) is 10.4. The van der Waals surface area contributed by atoms with Gasteiger partial charge in [0.25, 0.3) is 5.91 Å². The summed E-state index contributed by atoms with van der Waals surface area (Å²) in [5.41, 5.74) is 2.01. The third-order valence-electron chi connectivity index (χ3n) is 3.66. The van der Waals surface area contributed by atoms with Crippen LogP contribution in [0.2, 0.25) is 0 Å². The SMILES string of the molecule is CCC[C@@](C)(OC)C(=O)Nc1cc(C)c(OCC)c(C)c1. The van der Waals surface area contributed by atoms with Crippen LogP contribution in [0.3, 0.4) is 0 Å². The molecule has 1 rings (SSSR count). The molecule has 0 aromatic heterocycles. The fourth-order valence-corrected chi connectivity index (χ4v) is 2.44. The van der Waals surface area contributed by atoms with Crippen molar-refractivity contribution in [2.45, 2.75) is 53.1 Å². The number of methoxy groups -OCH3 is 1. The largest absolute Gasteiger partial charge is 0.493 e. The van der Waals surface area contributed by atoms with Gasteiger partial charge in [-0.2, -0.15) is 0 Å². The summed E-state index contributed by atoms with van der Waals surface area (Å²) in [5, 5.41) is 2.95. The number of carbonyl (C=O) groups excluding carboxylic acids is 1. The van der Waals surface area contributed by atoms with Crippen LogP contribution in [0, 0.1) is 13.8 Å². The Morgan fingerprint density at radius 3 is 2.24 bits per heavy atom. The van der Waals surface area contributed by atoms with Crippen LogP contribution < -0.4 is 10.1 Å². The van der Waals surface area contributed by atoms with Gasteiger partial charge in [-0.05, 0) is 57.4 Å². The van der Waals surface area contributed by atoms with E-state index in [1.54, 1.807) is 7.11 Å². The van der Waals surface area contributed by atoms with E-state index in [4.69, 9.17) is 9.47 Å². The highest BCUT2D eigenvalue weighted by atomic mass is 16.5. The second-order valence-corrected chi connectivity index (χ2v) is 5.51. The van der Waals surface area contributed by atoms with Crippen molar-refractivity contribution in [2.75, 3.05) is 19.0 Å². The molecule has 1 aromatic carbocycles. The number of hydrogen-bond acceptors (Lipinski definition) is 3. The highest BCUT2D eigenvalue weighted by molar-refractivity contribution is 5.97. The zero-order chi connectivity index (χ0) is 16.0. The molecule has 0 aliphatic rings. The summed E-state index contributed by atoms with van der Waals surface area (Å²) in [4.78, 5) is 12.4. The van der Waals surface area contributed by atoms with Gasteiger partial charge in [-0.15, -0.1) is 0 Å². The molecule has 0 bridgehead atoms. The van der Waals surface area contributed by atoms with Crippen molar-refractivity contribution in [1.82, 2.24) is 0 Å². The van der Waals surface area contributed by atoms with E-state index >= 15 is 0 Å². The van der Waals surface area contributed by atoms with Crippen molar-refractivity contribution < 1.29 is 14.3 Å². The molecule has 1 aromatic rings. The first-order chi connectivity index (χ1) is 9.87. The minimum absolute atomic E-state index is 0.116. The molecule has 0 spiro atoms. The quantitative estimate of drug-likeness (QED) is 0.830. The number of aryl methyl sites for hydroxylation is 2. The predicted octanol–water partition coefficient (Wildman–Crippen LogP) is 3.85. The maximum absolute atomic E-state index is 12.4. The molecule has 0 unspecified atom stereocenters. The standard InChI is InChI=1S/C17H27NO3/c1-7-9-17(5,20-6)16(19)18-14-10-12(3)15(21-8-2)13(4)11-14/h10-11H,7-9H2,1-6H3,(H,18,19)/t17-/m1/s1. The zero-order valence-electron chi connectivity index (χ0n) is 14.0. The van der Waals surface area contributed by atoms with Crippen molar-refractivity contribution in [2.24, 2.45) is 0 Å². The molecule has 0 fully saturated rings. The van der Waals surface area contributed by atoms with Gasteiger partial charge in [0.2, 0.25) is 0 Å². The monoisotopic (exact) mass is 293 g/mol. The lowest BCUT2D eigenvalue weighted by atomic mass is 9.99. The fourth-order valence-electron chi connectivity index (χ4n) is 2.44. The van der Waals surface area contributed by atoms with Gasteiger partial charge < -0.3 is 14.8 Å². The number of ether oxygens (including phenoxy) is 2. The number of benzene rings is 1. The second-order valence-electron chi connectivity index (χ2n) is 5.51. The van der Waals surface area contributed by atoms with E-state index in [2.05, 4.69) is 5.32 Å². The number of rotatable bonds is 7. The molecule has 118 valence electrons. The number of anilines is 1. The zero-order valence-corrected chi connectivity index (χ0v) is 14.0. The lowest BCUT2D eigenvalue weighted by molar-refractivity contribution is -0.136. The minimum atomic E-state index is -0.796. The summed E-state index contributed by atoms with van der Waals surface area (Å²) in [5.74, 6) is 0.772. The van der Waals surface area contributed by atoms with Gasteiger partial charge in [0.15, 0.2) is 0 Å². The first-order valence-corrected chi connectivity index (χ1v) is 7.48. The van der Waals surface area contributed by atoms with E-state index in [9.17, 15) is 4.79 Å². The smallest absolute Gasteiger partial charge is 0.256 e. The highest BCUT2D eigenvalue weighted by Crippen LogP contribution is 2.28. The van der Waals surface area contributed by atoms with Crippen LogP contribution in [0.5, 0.6) is 5.75 Å².